The van der Waals surface area contributed by atoms with Crippen LogP contribution in [-0.4, -0.2) is 118 Å². The number of aliphatic hydroxyl groups excluding tert-OH is 2. The molecular weight excluding hydrogens is 654 g/mol. The standard InChI is InChI=1S/C34H45N5O11/c1-19(2)12-25-33(47)49-17-26-29(43)30(44)34(48,50-26)18-37-23(13-21-8-10-22(40)11-9-21)31(45)36-15-27(41)35-16-28(42)38-24(32(46)39-25)14-20-6-4-3-5-7-20/h3-11,19,23-26,29-30,37,40,43-44,48H,12-18H2,1-2H3,(H,35,41)(H,36,45)(H,38,42)(H,39,46)/t23-,24-,25-,26+,29-,30-,34?/m0/s1. The van der Waals surface area contributed by atoms with Gasteiger partial charge in [0.05, 0.1) is 25.7 Å². The van der Waals surface area contributed by atoms with E-state index in [1.807, 2.05) is 13.8 Å². The van der Waals surface area contributed by atoms with Crippen LogP contribution in [0.4, 0.5) is 0 Å². The Morgan fingerprint density at radius 3 is 2.12 bits per heavy atom. The van der Waals surface area contributed by atoms with E-state index in [0.717, 1.165) is 0 Å². The van der Waals surface area contributed by atoms with Gasteiger partial charge in [0.15, 0.2) is 0 Å². The first-order valence-electron chi connectivity index (χ1n) is 16.4. The molecular formula is C34H45N5O11. The van der Waals surface area contributed by atoms with Gasteiger partial charge in [0.25, 0.3) is 0 Å². The monoisotopic (exact) mass is 699 g/mol. The maximum Gasteiger partial charge on any atom is 0.328 e. The van der Waals surface area contributed by atoms with Crippen LogP contribution in [0.3, 0.4) is 0 Å². The largest absolute Gasteiger partial charge is 0.508 e. The second-order valence-corrected chi connectivity index (χ2v) is 12.9. The number of hydrogen-bond donors (Lipinski definition) is 9. The van der Waals surface area contributed by atoms with Gasteiger partial charge in [-0.05, 0) is 42.0 Å². The summed E-state index contributed by atoms with van der Waals surface area (Å²) in [6.45, 7) is 1.42. The highest BCUT2D eigenvalue weighted by Crippen LogP contribution is 2.29. The van der Waals surface area contributed by atoms with Crippen LogP contribution < -0.4 is 26.6 Å². The van der Waals surface area contributed by atoms with Gasteiger partial charge in [-0.2, -0.15) is 0 Å². The average Bonchev–Trinajstić information content (AvgIpc) is 3.30. The van der Waals surface area contributed by atoms with Crippen molar-refractivity contribution in [1.82, 2.24) is 26.6 Å². The summed E-state index contributed by atoms with van der Waals surface area (Å²) >= 11 is 0. The fraction of sp³-hybridized carbons (Fsp3) is 0.500. The zero-order valence-electron chi connectivity index (χ0n) is 27.8. The van der Waals surface area contributed by atoms with Crippen molar-refractivity contribution in [3.8, 4) is 5.75 Å². The molecule has 4 amide bonds. The fourth-order valence-corrected chi connectivity index (χ4v) is 5.60. The quantitative estimate of drug-likeness (QED) is 0.145. The normalized spacial score (nSPS) is 29.2. The Labute approximate surface area is 288 Å². The van der Waals surface area contributed by atoms with Gasteiger partial charge >= 0.3 is 5.97 Å². The summed E-state index contributed by atoms with van der Waals surface area (Å²) in [6, 6.07) is 11.3. The molecule has 16 nitrogen and oxygen atoms in total. The molecule has 2 bridgehead atoms. The molecule has 2 aromatic carbocycles. The second kappa shape index (κ2) is 17.4. The van der Waals surface area contributed by atoms with Gasteiger partial charge in [0, 0.05) is 6.42 Å². The highest BCUT2D eigenvalue weighted by molar-refractivity contribution is 5.93. The Hall–Kier alpha value is -4.61. The van der Waals surface area contributed by atoms with Crippen molar-refractivity contribution in [3.05, 3.63) is 65.7 Å². The maximum atomic E-state index is 13.5. The summed E-state index contributed by atoms with van der Waals surface area (Å²) in [7, 11) is 0. The van der Waals surface area contributed by atoms with Crippen LogP contribution >= 0.6 is 0 Å². The molecule has 2 aromatic rings. The smallest absolute Gasteiger partial charge is 0.328 e. The lowest BCUT2D eigenvalue weighted by atomic mass is 10.0. The molecule has 7 atom stereocenters. The Kier molecular flexibility index (Phi) is 13.3. The number of aliphatic hydroxyl groups is 3. The third kappa shape index (κ3) is 10.7. The van der Waals surface area contributed by atoms with E-state index in [9.17, 15) is 44.4 Å². The van der Waals surface area contributed by atoms with E-state index < -0.39 is 98.1 Å². The Balaban J connectivity index is 1.59. The van der Waals surface area contributed by atoms with Crippen LogP contribution in [0, 0.1) is 5.92 Å². The molecule has 0 aromatic heterocycles. The number of hydrogen-bond acceptors (Lipinski definition) is 12. The minimum atomic E-state index is -2.43. The average molecular weight is 700 g/mol. The first-order chi connectivity index (χ1) is 23.7. The van der Waals surface area contributed by atoms with E-state index in [1.165, 1.54) is 12.1 Å². The molecule has 0 aliphatic carbocycles. The van der Waals surface area contributed by atoms with Crippen LogP contribution in [0.5, 0.6) is 5.75 Å². The number of carbonyl (C=O) groups excluding carboxylic acids is 5. The molecule has 0 spiro atoms. The van der Waals surface area contributed by atoms with Gasteiger partial charge in [-0.1, -0.05) is 56.3 Å². The number of carbonyl (C=O) groups is 5. The van der Waals surface area contributed by atoms with E-state index >= 15 is 0 Å². The Bertz CT molecular complexity index is 1490. The van der Waals surface area contributed by atoms with Gasteiger partial charge in [-0.15, -0.1) is 0 Å². The molecule has 1 unspecified atom stereocenters. The van der Waals surface area contributed by atoms with Crippen molar-refractivity contribution in [1.29, 1.82) is 0 Å². The molecule has 2 heterocycles. The third-order valence-corrected chi connectivity index (χ3v) is 8.32. The van der Waals surface area contributed by atoms with Crippen molar-refractivity contribution in [2.45, 2.75) is 75.3 Å². The second-order valence-electron chi connectivity index (χ2n) is 12.9. The Morgan fingerprint density at radius 2 is 1.44 bits per heavy atom. The van der Waals surface area contributed by atoms with Gasteiger partial charge in [-0.3, -0.25) is 19.2 Å². The molecule has 2 aliphatic heterocycles. The zero-order chi connectivity index (χ0) is 36.4. The summed E-state index contributed by atoms with van der Waals surface area (Å²) < 4.78 is 11.0. The summed E-state index contributed by atoms with van der Waals surface area (Å²) in [5, 5.41) is 55.2. The number of amides is 4. The van der Waals surface area contributed by atoms with Crippen LogP contribution in [0.2, 0.25) is 0 Å². The molecule has 9 N–H and O–H groups in total. The van der Waals surface area contributed by atoms with Gasteiger partial charge in [0.1, 0.15) is 42.8 Å². The first kappa shape index (κ1) is 38.2. The fourth-order valence-electron chi connectivity index (χ4n) is 5.60. The molecule has 2 aliphatic rings. The predicted molar refractivity (Wildman–Crippen MR) is 176 cm³/mol. The SMILES string of the molecule is CC(C)C[C@@H]1NC(=O)[C@H](Cc2ccccc2)NC(=O)CNC(=O)CNC(=O)[C@H](Cc2ccc(O)cc2)NCC2(O)O[C@H](COC1=O)[C@H](O)[C@@H]2O. The van der Waals surface area contributed by atoms with Crippen LogP contribution in [0.25, 0.3) is 0 Å². The number of ether oxygens (including phenoxy) is 2. The van der Waals surface area contributed by atoms with E-state index in [0.29, 0.717) is 11.1 Å². The van der Waals surface area contributed by atoms with Gasteiger partial charge < -0.3 is 56.5 Å². The van der Waals surface area contributed by atoms with E-state index in [4.69, 9.17) is 9.47 Å². The van der Waals surface area contributed by atoms with E-state index in [-0.39, 0.29) is 30.9 Å². The topological polar surface area (TPSA) is 245 Å². The number of fused-ring (bicyclic) bond motifs is 2. The number of β-amino-alcohol motifs (C(OH)–C–C–N with tert-alkyl or cyclic N) is 1. The van der Waals surface area contributed by atoms with Crippen LogP contribution in [0.1, 0.15) is 31.4 Å². The maximum absolute atomic E-state index is 13.5. The van der Waals surface area contributed by atoms with Gasteiger partial charge in [-0.25, -0.2) is 4.79 Å². The van der Waals surface area contributed by atoms with E-state index in [2.05, 4.69) is 26.6 Å². The number of esters is 1. The first-order valence-corrected chi connectivity index (χ1v) is 16.4. The summed E-state index contributed by atoms with van der Waals surface area (Å²) in [5.41, 5.74) is 1.30. The number of phenolic OH excluding ortho intramolecular Hbond substituents is 1. The number of rotatable bonds is 6. The lowest BCUT2D eigenvalue weighted by Crippen LogP contribution is -2.56. The summed E-state index contributed by atoms with van der Waals surface area (Å²) in [4.78, 5) is 65.6. The molecule has 2 fully saturated rings. The lowest BCUT2D eigenvalue weighted by Gasteiger charge is -2.29. The van der Waals surface area contributed by atoms with Gasteiger partial charge in [0.2, 0.25) is 29.4 Å². The highest BCUT2D eigenvalue weighted by atomic mass is 16.7. The Morgan fingerprint density at radius 1 is 0.800 bits per heavy atom. The number of aromatic hydroxyl groups is 1. The van der Waals surface area contributed by atoms with Crippen molar-refractivity contribution in [2.75, 3.05) is 26.2 Å². The number of benzene rings is 2. The molecule has 16 heteroatoms. The predicted octanol–water partition coefficient (Wildman–Crippen LogP) is -2.25. The minimum absolute atomic E-state index is 0.00152. The number of phenols is 1. The molecule has 50 heavy (non-hydrogen) atoms. The number of cyclic esters (lactones) is 1. The van der Waals surface area contributed by atoms with Crippen molar-refractivity contribution >= 4 is 29.6 Å². The minimum Gasteiger partial charge on any atom is -0.508 e. The van der Waals surface area contributed by atoms with Crippen molar-refractivity contribution in [3.63, 3.8) is 0 Å². The zero-order valence-corrected chi connectivity index (χ0v) is 27.8. The summed E-state index contributed by atoms with van der Waals surface area (Å²) in [5.74, 6) is -6.19. The molecule has 4 rings (SSSR count). The van der Waals surface area contributed by atoms with E-state index in [1.54, 1.807) is 42.5 Å². The van der Waals surface area contributed by atoms with Crippen molar-refractivity contribution < 1.29 is 53.9 Å². The van der Waals surface area contributed by atoms with Crippen LogP contribution in [-0.2, 0) is 46.3 Å². The molecule has 0 radical (unpaired) electrons. The molecule has 272 valence electrons. The van der Waals surface area contributed by atoms with Crippen molar-refractivity contribution in [2.24, 2.45) is 5.92 Å². The molecule has 2 saturated heterocycles. The molecule has 0 saturated carbocycles. The third-order valence-electron chi connectivity index (χ3n) is 8.32. The highest BCUT2D eigenvalue weighted by Gasteiger charge is 2.54. The lowest BCUT2D eigenvalue weighted by molar-refractivity contribution is -0.228. The summed E-state index contributed by atoms with van der Waals surface area (Å²) in [6.07, 6.45) is -4.76. The van der Waals surface area contributed by atoms with Crippen LogP contribution in [0.15, 0.2) is 54.6 Å². The number of nitrogens with one attached hydrogen (secondary N) is 5.